The predicted octanol–water partition coefficient (Wildman–Crippen LogP) is 2.39. The minimum atomic E-state index is -3.45. The molecule has 1 aromatic carbocycles. The van der Waals surface area contributed by atoms with Crippen LogP contribution in [0.3, 0.4) is 0 Å². The Morgan fingerprint density at radius 2 is 2.04 bits per heavy atom. The number of amides is 1. The zero-order chi connectivity index (χ0) is 18.2. The highest BCUT2D eigenvalue weighted by atomic mass is 32.2. The van der Waals surface area contributed by atoms with E-state index in [1.54, 1.807) is 29.7 Å². The molecule has 7 nitrogen and oxygen atoms in total. The van der Waals surface area contributed by atoms with Crippen molar-refractivity contribution in [2.24, 2.45) is 0 Å². The number of aromatic hydroxyl groups is 1. The number of benzene rings is 1. The lowest BCUT2D eigenvalue weighted by atomic mass is 10.2. The molecule has 2 heterocycles. The second kappa shape index (κ2) is 6.21. The van der Waals surface area contributed by atoms with E-state index in [2.05, 4.69) is 10.3 Å². The molecule has 0 spiro atoms. The van der Waals surface area contributed by atoms with Crippen molar-refractivity contribution in [3.63, 3.8) is 0 Å². The zero-order valence-corrected chi connectivity index (χ0v) is 14.5. The number of nitrogens with one attached hydrogen (secondary N) is 1. The van der Waals surface area contributed by atoms with E-state index in [1.165, 1.54) is 25.1 Å². The van der Waals surface area contributed by atoms with Crippen LogP contribution in [0.5, 0.6) is 5.75 Å². The number of phenolic OH excluding ortho intramolecular Hbond substituents is 1. The van der Waals surface area contributed by atoms with Crippen LogP contribution in [-0.4, -0.2) is 34.6 Å². The first-order valence-corrected chi connectivity index (χ1v) is 9.29. The number of hydrogen-bond donors (Lipinski definition) is 2. The van der Waals surface area contributed by atoms with E-state index >= 15 is 0 Å². The zero-order valence-electron chi connectivity index (χ0n) is 13.7. The molecule has 0 aliphatic carbocycles. The number of sulfone groups is 1. The molecular weight excluding hydrogens is 342 g/mol. The summed E-state index contributed by atoms with van der Waals surface area (Å²) in [6, 6.07) is 9.17. The summed E-state index contributed by atoms with van der Waals surface area (Å²) in [4.78, 5) is 17.0. The molecule has 0 atom stereocenters. The number of anilines is 1. The fraction of sp³-hybridized carbons (Fsp3) is 0.176. The van der Waals surface area contributed by atoms with E-state index in [0.29, 0.717) is 17.0 Å². The number of phenols is 1. The first-order chi connectivity index (χ1) is 11.8. The van der Waals surface area contributed by atoms with Gasteiger partial charge in [0, 0.05) is 6.20 Å². The standard InChI is InChI=1S/C17H17N3O4S/c1-3-25(23,24)12-7-8-14(21)13(10-12)19-17(22)16-11(2)18-15-6-4-5-9-20(15)16/h4-10,21H,3H2,1-2H3,(H,19,22). The van der Waals surface area contributed by atoms with Crippen molar-refractivity contribution in [2.45, 2.75) is 18.7 Å². The van der Waals surface area contributed by atoms with E-state index in [1.807, 2.05) is 6.07 Å². The Morgan fingerprint density at radius 3 is 2.76 bits per heavy atom. The smallest absolute Gasteiger partial charge is 0.274 e. The molecule has 25 heavy (non-hydrogen) atoms. The molecule has 0 saturated heterocycles. The summed E-state index contributed by atoms with van der Waals surface area (Å²) in [5, 5.41) is 12.5. The number of aryl methyl sites for hydroxylation is 1. The van der Waals surface area contributed by atoms with Crippen molar-refractivity contribution in [1.29, 1.82) is 0 Å². The highest BCUT2D eigenvalue weighted by Crippen LogP contribution is 2.27. The van der Waals surface area contributed by atoms with Crippen LogP contribution < -0.4 is 5.32 Å². The molecule has 0 unspecified atom stereocenters. The Balaban J connectivity index is 2.01. The monoisotopic (exact) mass is 359 g/mol. The van der Waals surface area contributed by atoms with Gasteiger partial charge in [-0.2, -0.15) is 0 Å². The molecular formula is C17H17N3O4S. The quantitative estimate of drug-likeness (QED) is 0.697. The normalized spacial score (nSPS) is 11.6. The molecule has 8 heteroatoms. The summed E-state index contributed by atoms with van der Waals surface area (Å²) in [6.45, 7) is 3.24. The lowest BCUT2D eigenvalue weighted by Gasteiger charge is -2.10. The Hall–Kier alpha value is -2.87. The van der Waals surface area contributed by atoms with Gasteiger partial charge in [-0.25, -0.2) is 13.4 Å². The summed E-state index contributed by atoms with van der Waals surface area (Å²) >= 11 is 0. The number of rotatable bonds is 4. The molecule has 0 saturated carbocycles. The van der Waals surface area contributed by atoms with Gasteiger partial charge in [0.2, 0.25) is 0 Å². The molecule has 0 aliphatic heterocycles. The van der Waals surface area contributed by atoms with Crippen molar-refractivity contribution < 1.29 is 18.3 Å². The molecule has 3 rings (SSSR count). The van der Waals surface area contributed by atoms with Crippen molar-refractivity contribution in [3.05, 3.63) is 54.0 Å². The SMILES string of the molecule is CCS(=O)(=O)c1ccc(O)c(NC(=O)c2c(C)nc3ccccn23)c1. The van der Waals surface area contributed by atoms with Gasteiger partial charge in [-0.1, -0.05) is 13.0 Å². The van der Waals surface area contributed by atoms with E-state index in [4.69, 9.17) is 0 Å². The number of pyridine rings is 1. The maximum Gasteiger partial charge on any atom is 0.274 e. The number of aromatic nitrogens is 2. The third-order valence-corrected chi connectivity index (χ3v) is 5.61. The van der Waals surface area contributed by atoms with Crippen molar-refractivity contribution in [2.75, 3.05) is 11.1 Å². The summed E-state index contributed by atoms with van der Waals surface area (Å²) in [5.41, 5.74) is 1.50. The average molecular weight is 359 g/mol. The number of hydrogen-bond acceptors (Lipinski definition) is 5. The van der Waals surface area contributed by atoms with Crippen LogP contribution in [0.25, 0.3) is 5.65 Å². The number of carbonyl (C=O) groups is 1. The number of fused-ring (bicyclic) bond motifs is 1. The van der Waals surface area contributed by atoms with Crippen LogP contribution in [0.1, 0.15) is 23.1 Å². The molecule has 0 aliphatic rings. The second-order valence-electron chi connectivity index (χ2n) is 5.51. The summed E-state index contributed by atoms with van der Waals surface area (Å²) < 4.78 is 25.6. The maximum atomic E-state index is 12.7. The molecule has 1 amide bonds. The fourth-order valence-electron chi connectivity index (χ4n) is 2.54. The lowest BCUT2D eigenvalue weighted by molar-refractivity contribution is 0.102. The molecule has 130 valence electrons. The van der Waals surface area contributed by atoms with Gasteiger partial charge in [0.05, 0.1) is 22.0 Å². The number of carbonyl (C=O) groups excluding carboxylic acids is 1. The van der Waals surface area contributed by atoms with Gasteiger partial charge < -0.3 is 10.4 Å². The van der Waals surface area contributed by atoms with Gasteiger partial charge in [0.1, 0.15) is 17.1 Å². The average Bonchev–Trinajstić information content (AvgIpc) is 2.92. The second-order valence-corrected chi connectivity index (χ2v) is 7.79. The first-order valence-electron chi connectivity index (χ1n) is 7.64. The topological polar surface area (TPSA) is 101 Å². The Morgan fingerprint density at radius 1 is 1.28 bits per heavy atom. The van der Waals surface area contributed by atoms with Crippen LogP contribution in [0.4, 0.5) is 5.69 Å². The van der Waals surface area contributed by atoms with Gasteiger partial charge in [-0.15, -0.1) is 0 Å². The number of nitrogens with zero attached hydrogens (tertiary/aromatic N) is 2. The van der Waals surface area contributed by atoms with Crippen molar-refractivity contribution in [3.8, 4) is 5.75 Å². The van der Waals surface area contributed by atoms with E-state index in [9.17, 15) is 18.3 Å². The third-order valence-electron chi connectivity index (χ3n) is 3.87. The van der Waals surface area contributed by atoms with Gasteiger partial charge in [0.15, 0.2) is 9.84 Å². The van der Waals surface area contributed by atoms with Crippen LogP contribution >= 0.6 is 0 Å². The fourth-order valence-corrected chi connectivity index (χ4v) is 3.45. The molecule has 0 radical (unpaired) electrons. The molecule has 2 N–H and O–H groups in total. The first kappa shape index (κ1) is 17.0. The molecule has 2 aromatic heterocycles. The third kappa shape index (κ3) is 3.08. The summed E-state index contributed by atoms with van der Waals surface area (Å²) in [6.07, 6.45) is 1.71. The minimum Gasteiger partial charge on any atom is -0.506 e. The van der Waals surface area contributed by atoms with Gasteiger partial charge in [-0.3, -0.25) is 9.20 Å². The summed E-state index contributed by atoms with van der Waals surface area (Å²) in [7, 11) is -3.45. The Labute approximate surface area is 144 Å². The Bertz CT molecular complexity index is 1070. The predicted molar refractivity (Wildman–Crippen MR) is 93.7 cm³/mol. The van der Waals surface area contributed by atoms with Gasteiger partial charge in [0.25, 0.3) is 5.91 Å². The minimum absolute atomic E-state index is 0.0322. The van der Waals surface area contributed by atoms with Crippen molar-refractivity contribution in [1.82, 2.24) is 9.38 Å². The molecule has 3 aromatic rings. The van der Waals surface area contributed by atoms with Crippen LogP contribution in [0.15, 0.2) is 47.5 Å². The number of imidazole rings is 1. The highest BCUT2D eigenvalue weighted by molar-refractivity contribution is 7.91. The highest BCUT2D eigenvalue weighted by Gasteiger charge is 2.19. The molecule has 0 bridgehead atoms. The van der Waals surface area contributed by atoms with Crippen LogP contribution in [0, 0.1) is 6.92 Å². The lowest BCUT2D eigenvalue weighted by Crippen LogP contribution is -2.16. The van der Waals surface area contributed by atoms with Gasteiger partial charge >= 0.3 is 0 Å². The van der Waals surface area contributed by atoms with E-state index in [0.717, 1.165) is 0 Å². The van der Waals surface area contributed by atoms with Crippen LogP contribution in [0.2, 0.25) is 0 Å². The van der Waals surface area contributed by atoms with E-state index < -0.39 is 15.7 Å². The Kier molecular flexibility index (Phi) is 4.22. The maximum absolute atomic E-state index is 12.7. The van der Waals surface area contributed by atoms with Gasteiger partial charge in [-0.05, 0) is 37.3 Å². The largest absolute Gasteiger partial charge is 0.506 e. The van der Waals surface area contributed by atoms with E-state index in [-0.39, 0.29) is 22.1 Å². The molecule has 0 fully saturated rings. The summed E-state index contributed by atoms with van der Waals surface area (Å²) in [5.74, 6) is -0.773. The van der Waals surface area contributed by atoms with Crippen LogP contribution in [-0.2, 0) is 9.84 Å². The van der Waals surface area contributed by atoms with Crippen molar-refractivity contribution >= 4 is 27.1 Å².